The third-order valence-corrected chi connectivity index (χ3v) is 10.2. The van der Waals surface area contributed by atoms with E-state index < -0.39 is 0 Å². The maximum atomic E-state index is 12.8. The summed E-state index contributed by atoms with van der Waals surface area (Å²) in [5, 5.41) is 11.6. The number of nitrogens with zero attached hydrogens (tertiary/aromatic N) is 1. The molecule has 0 saturated heterocycles. The zero-order valence-electron chi connectivity index (χ0n) is 16.8. The first kappa shape index (κ1) is 16.8. The summed E-state index contributed by atoms with van der Waals surface area (Å²) in [7, 11) is 1.54. The van der Waals surface area contributed by atoms with Gasteiger partial charge in [0.1, 0.15) is 0 Å². The van der Waals surface area contributed by atoms with Crippen molar-refractivity contribution in [1.29, 1.82) is 0 Å². The molecule has 8 atom stereocenters. The molecule has 1 heterocycles. The number of methoxy groups -OCH3 is 1. The summed E-state index contributed by atoms with van der Waals surface area (Å²) in [6, 6.07) is 0. The van der Waals surface area contributed by atoms with Gasteiger partial charge in [-0.3, -0.25) is 9.79 Å². The number of fused-ring (bicyclic) bond motifs is 1. The van der Waals surface area contributed by atoms with Crippen LogP contribution in [0.3, 0.4) is 0 Å². The van der Waals surface area contributed by atoms with Crippen molar-refractivity contribution in [1.82, 2.24) is 0 Å². The van der Waals surface area contributed by atoms with Crippen molar-refractivity contribution in [2.45, 2.75) is 64.9 Å². The minimum atomic E-state index is -0.270. The number of allylic oxidation sites excluding steroid dienone is 2. The number of rotatable bonds is 1. The van der Waals surface area contributed by atoms with Crippen molar-refractivity contribution in [2.24, 2.45) is 44.9 Å². The Kier molecular flexibility index (Phi) is 3.02. The number of aliphatic hydroxyl groups excluding tert-OH is 1. The molecule has 146 valence electrons. The van der Waals surface area contributed by atoms with Crippen LogP contribution in [0.2, 0.25) is 0 Å². The van der Waals surface area contributed by atoms with E-state index in [1.807, 2.05) is 0 Å². The van der Waals surface area contributed by atoms with E-state index in [9.17, 15) is 9.90 Å². The Labute approximate surface area is 161 Å². The number of carbonyl (C=O) groups excluding carboxylic acids is 1. The van der Waals surface area contributed by atoms with Crippen LogP contribution in [-0.4, -0.2) is 36.5 Å². The molecule has 0 aromatic carbocycles. The van der Waals surface area contributed by atoms with Crippen LogP contribution in [-0.2, 0) is 9.53 Å². The third kappa shape index (κ3) is 1.50. The molecule has 4 heteroatoms. The molecule has 0 radical (unpaired) electrons. The molecule has 1 N–H and O–H groups in total. The Balaban J connectivity index is 1.65. The van der Waals surface area contributed by atoms with Gasteiger partial charge in [0.2, 0.25) is 0 Å². The normalized spacial score (nSPS) is 54.5. The average molecular weight is 370 g/mol. The minimum Gasteiger partial charge on any atom is -0.469 e. The molecule has 0 aromatic rings. The summed E-state index contributed by atoms with van der Waals surface area (Å²) >= 11 is 0. The standard InChI is InChI=1S/C23H31NO3/c1-12-11-24-20-22(12)9-8-21(2)16(18(22)25)7-5-13-4-6-14-15(19(26)27-3)10-23(20,21)17(13)14/h12,14-16,18,25H,4-11H2,1-3H3/t12-,14-,15-,16-,18-,21+,22+,23+/m1/s1. The first-order chi connectivity index (χ1) is 12.9. The van der Waals surface area contributed by atoms with Crippen LogP contribution in [0.5, 0.6) is 0 Å². The van der Waals surface area contributed by atoms with E-state index in [1.54, 1.807) is 11.1 Å². The van der Waals surface area contributed by atoms with Gasteiger partial charge in [-0.15, -0.1) is 0 Å². The summed E-state index contributed by atoms with van der Waals surface area (Å²) in [6.07, 6.45) is 7.28. The van der Waals surface area contributed by atoms with E-state index in [2.05, 4.69) is 13.8 Å². The molecule has 4 bridgehead atoms. The fourth-order valence-corrected chi connectivity index (χ4v) is 9.11. The van der Waals surface area contributed by atoms with E-state index in [4.69, 9.17) is 9.73 Å². The lowest BCUT2D eigenvalue weighted by molar-refractivity contribution is -0.157. The molecule has 0 aromatic heterocycles. The zero-order chi connectivity index (χ0) is 18.8. The Bertz CT molecular complexity index is 814. The average Bonchev–Trinajstić information content (AvgIpc) is 3.29. The molecule has 7 aliphatic rings. The summed E-state index contributed by atoms with van der Waals surface area (Å²) in [5.41, 5.74) is 4.28. The lowest BCUT2D eigenvalue weighted by atomic mass is 9.35. The van der Waals surface area contributed by atoms with Gasteiger partial charge in [-0.25, -0.2) is 0 Å². The molecule has 4 saturated carbocycles. The maximum Gasteiger partial charge on any atom is 0.309 e. The fraction of sp³-hybridized carbons (Fsp3) is 0.826. The number of hydrogen-bond acceptors (Lipinski definition) is 4. The summed E-state index contributed by atoms with van der Waals surface area (Å²) < 4.78 is 5.27. The predicted molar refractivity (Wildman–Crippen MR) is 102 cm³/mol. The third-order valence-electron chi connectivity index (χ3n) is 10.2. The monoisotopic (exact) mass is 369 g/mol. The Morgan fingerprint density at radius 1 is 1.26 bits per heavy atom. The van der Waals surface area contributed by atoms with Gasteiger partial charge in [-0.2, -0.15) is 0 Å². The number of ether oxygens (including phenoxy) is 1. The van der Waals surface area contributed by atoms with Gasteiger partial charge in [-0.05, 0) is 68.1 Å². The number of carbonyl (C=O) groups is 1. The smallest absolute Gasteiger partial charge is 0.309 e. The molecule has 7 rings (SSSR count). The van der Waals surface area contributed by atoms with Crippen LogP contribution in [0, 0.1) is 39.9 Å². The molecule has 4 fully saturated rings. The van der Waals surface area contributed by atoms with Crippen molar-refractivity contribution in [3.63, 3.8) is 0 Å². The minimum absolute atomic E-state index is 0.0229. The van der Waals surface area contributed by atoms with Crippen LogP contribution < -0.4 is 0 Å². The first-order valence-corrected chi connectivity index (χ1v) is 11.0. The number of aliphatic imine (C=N–C) groups is 1. The second-order valence-electron chi connectivity index (χ2n) is 10.5. The second kappa shape index (κ2) is 4.87. The fourth-order valence-electron chi connectivity index (χ4n) is 9.11. The Morgan fingerprint density at radius 3 is 2.81 bits per heavy atom. The summed E-state index contributed by atoms with van der Waals surface area (Å²) in [5.74, 6) is 1.03. The quantitative estimate of drug-likeness (QED) is 0.568. The summed E-state index contributed by atoms with van der Waals surface area (Å²) in [4.78, 5) is 18.0. The van der Waals surface area contributed by atoms with E-state index in [-0.39, 0.29) is 34.2 Å². The van der Waals surface area contributed by atoms with Crippen LogP contribution in [0.4, 0.5) is 0 Å². The molecule has 6 aliphatic carbocycles. The largest absolute Gasteiger partial charge is 0.469 e. The van der Waals surface area contributed by atoms with Crippen molar-refractivity contribution >= 4 is 11.7 Å². The van der Waals surface area contributed by atoms with Crippen molar-refractivity contribution in [2.75, 3.05) is 13.7 Å². The van der Waals surface area contributed by atoms with Gasteiger partial charge in [-0.1, -0.05) is 25.0 Å². The SMILES string of the molecule is COC(=O)[C@@H]1C[C@]23C4=NC[C@@H](C)[C@]45CC[C@@]2(C)[C@H](CCC2=C3[C@@H]1CC2)[C@H]5O. The van der Waals surface area contributed by atoms with Crippen LogP contribution >= 0.6 is 0 Å². The molecular formula is C23H31NO3. The van der Waals surface area contributed by atoms with Gasteiger partial charge >= 0.3 is 5.97 Å². The molecule has 2 spiro atoms. The molecule has 0 amide bonds. The Hall–Kier alpha value is -1.16. The lowest BCUT2D eigenvalue weighted by Gasteiger charge is -2.68. The number of esters is 1. The number of hydrogen-bond donors (Lipinski definition) is 1. The van der Waals surface area contributed by atoms with E-state index in [0.29, 0.717) is 17.8 Å². The van der Waals surface area contributed by atoms with Crippen molar-refractivity contribution < 1.29 is 14.6 Å². The highest BCUT2D eigenvalue weighted by Crippen LogP contribution is 2.79. The van der Waals surface area contributed by atoms with Crippen molar-refractivity contribution in [3.8, 4) is 0 Å². The van der Waals surface area contributed by atoms with Gasteiger partial charge < -0.3 is 9.84 Å². The van der Waals surface area contributed by atoms with Gasteiger partial charge in [0.05, 0.1) is 19.1 Å². The molecule has 0 unspecified atom stereocenters. The van der Waals surface area contributed by atoms with Crippen LogP contribution in [0.1, 0.15) is 58.8 Å². The van der Waals surface area contributed by atoms with Gasteiger partial charge in [0, 0.05) is 23.1 Å². The molecule has 27 heavy (non-hydrogen) atoms. The maximum absolute atomic E-state index is 12.8. The first-order valence-electron chi connectivity index (χ1n) is 11.0. The van der Waals surface area contributed by atoms with Crippen LogP contribution in [0.25, 0.3) is 0 Å². The lowest BCUT2D eigenvalue weighted by Crippen LogP contribution is -2.71. The predicted octanol–water partition coefficient (Wildman–Crippen LogP) is 3.53. The van der Waals surface area contributed by atoms with Gasteiger partial charge in [0.25, 0.3) is 0 Å². The molecule has 1 aliphatic heterocycles. The van der Waals surface area contributed by atoms with Crippen LogP contribution in [0.15, 0.2) is 16.1 Å². The van der Waals surface area contributed by atoms with E-state index in [0.717, 1.165) is 51.5 Å². The highest BCUT2D eigenvalue weighted by molar-refractivity contribution is 6.04. The zero-order valence-corrected chi connectivity index (χ0v) is 16.8. The topological polar surface area (TPSA) is 58.9 Å². The van der Waals surface area contributed by atoms with E-state index in [1.165, 1.54) is 12.8 Å². The highest BCUT2D eigenvalue weighted by atomic mass is 16.5. The summed E-state index contributed by atoms with van der Waals surface area (Å²) in [6.45, 7) is 5.57. The van der Waals surface area contributed by atoms with Gasteiger partial charge in [0.15, 0.2) is 0 Å². The van der Waals surface area contributed by atoms with E-state index >= 15 is 0 Å². The molecular weight excluding hydrogens is 338 g/mol. The molecule has 4 nitrogen and oxygen atoms in total. The number of aliphatic hydroxyl groups is 1. The Morgan fingerprint density at radius 2 is 2.04 bits per heavy atom. The highest BCUT2D eigenvalue weighted by Gasteiger charge is 2.78. The second-order valence-corrected chi connectivity index (χ2v) is 10.5. The van der Waals surface area contributed by atoms with Crippen molar-refractivity contribution in [3.05, 3.63) is 11.1 Å².